The first-order chi connectivity index (χ1) is 9.49. The van der Waals surface area contributed by atoms with Crippen molar-refractivity contribution in [3.8, 4) is 5.75 Å². The molecule has 3 nitrogen and oxygen atoms in total. The lowest BCUT2D eigenvalue weighted by molar-refractivity contribution is -0.153. The average Bonchev–Trinajstić information content (AvgIpc) is 2.32. The Morgan fingerprint density at radius 3 is 2.29 bits per heavy atom. The molecule has 0 unspecified atom stereocenters. The molecular formula is C12H8F6O3. The Balaban J connectivity index is 3.10. The van der Waals surface area contributed by atoms with Crippen LogP contribution in [0.2, 0.25) is 0 Å². The minimum Gasteiger partial charge on any atom is -0.484 e. The van der Waals surface area contributed by atoms with Crippen molar-refractivity contribution in [2.75, 3.05) is 6.61 Å². The summed E-state index contributed by atoms with van der Waals surface area (Å²) in [6.45, 7) is -1.73. The van der Waals surface area contributed by atoms with E-state index in [1.165, 1.54) is 0 Å². The van der Waals surface area contributed by atoms with Crippen molar-refractivity contribution in [1.29, 1.82) is 0 Å². The fourth-order valence-electron chi connectivity index (χ4n) is 1.34. The van der Waals surface area contributed by atoms with Crippen molar-refractivity contribution < 1.29 is 41.0 Å². The molecule has 116 valence electrons. The standard InChI is InChI=1S/C12H8F6O3/c13-11(14,15)6-21-8-3-1-7(2-4-10(19)20)9(5-8)12(16,17)18/h1-5H,6H2,(H,19,20)/b4-2+. The molecule has 0 spiro atoms. The average molecular weight is 314 g/mol. The molecule has 21 heavy (non-hydrogen) atoms. The van der Waals surface area contributed by atoms with Crippen LogP contribution >= 0.6 is 0 Å². The smallest absolute Gasteiger partial charge is 0.422 e. The SMILES string of the molecule is O=C(O)/C=C/c1ccc(OCC(F)(F)F)cc1C(F)(F)F. The second-order valence-electron chi connectivity index (χ2n) is 3.82. The molecule has 0 aliphatic rings. The van der Waals surface area contributed by atoms with Crippen LogP contribution in [-0.4, -0.2) is 23.9 Å². The van der Waals surface area contributed by atoms with Gasteiger partial charge in [0, 0.05) is 6.08 Å². The maximum Gasteiger partial charge on any atom is 0.422 e. The molecule has 0 saturated carbocycles. The van der Waals surface area contributed by atoms with Gasteiger partial charge in [-0.2, -0.15) is 26.3 Å². The molecule has 1 aromatic rings. The molecule has 0 aliphatic carbocycles. The number of halogens is 6. The molecule has 0 aromatic heterocycles. The second kappa shape index (κ2) is 6.06. The van der Waals surface area contributed by atoms with E-state index in [9.17, 15) is 31.1 Å². The van der Waals surface area contributed by atoms with Gasteiger partial charge in [-0.3, -0.25) is 0 Å². The first-order valence-electron chi connectivity index (χ1n) is 5.31. The lowest BCUT2D eigenvalue weighted by Crippen LogP contribution is -2.19. The summed E-state index contributed by atoms with van der Waals surface area (Å²) >= 11 is 0. The zero-order valence-corrected chi connectivity index (χ0v) is 10.1. The number of carboxylic acids is 1. The summed E-state index contributed by atoms with van der Waals surface area (Å²) in [6.07, 6.45) is -8.37. The molecule has 9 heteroatoms. The minimum absolute atomic E-state index is 0.382. The molecule has 1 aromatic carbocycles. The molecule has 0 saturated heterocycles. The van der Waals surface area contributed by atoms with Gasteiger partial charge in [-0.05, 0) is 23.8 Å². The second-order valence-corrected chi connectivity index (χ2v) is 3.82. The third-order valence-electron chi connectivity index (χ3n) is 2.14. The quantitative estimate of drug-likeness (QED) is 0.680. The number of carbonyl (C=O) groups is 1. The van der Waals surface area contributed by atoms with Crippen molar-refractivity contribution in [2.45, 2.75) is 12.4 Å². The zero-order valence-electron chi connectivity index (χ0n) is 10.1. The van der Waals surface area contributed by atoms with Gasteiger partial charge in [0.25, 0.3) is 0 Å². The van der Waals surface area contributed by atoms with Crippen molar-refractivity contribution in [3.05, 3.63) is 35.4 Å². The molecule has 0 heterocycles. The van der Waals surface area contributed by atoms with E-state index >= 15 is 0 Å². The number of ether oxygens (including phenoxy) is 1. The van der Waals surface area contributed by atoms with E-state index in [-0.39, 0.29) is 0 Å². The molecule has 0 fully saturated rings. The summed E-state index contributed by atoms with van der Waals surface area (Å²) in [7, 11) is 0. The Bertz CT molecular complexity index is 545. The molecule has 1 N–H and O–H groups in total. The molecule has 0 amide bonds. The van der Waals surface area contributed by atoms with Gasteiger partial charge in [-0.1, -0.05) is 6.07 Å². The van der Waals surface area contributed by atoms with Crippen molar-refractivity contribution in [1.82, 2.24) is 0 Å². The van der Waals surface area contributed by atoms with E-state index in [4.69, 9.17) is 5.11 Å². The van der Waals surface area contributed by atoms with Crippen LogP contribution in [0, 0.1) is 0 Å². The number of alkyl halides is 6. The normalized spacial score (nSPS) is 12.7. The summed E-state index contributed by atoms with van der Waals surface area (Å²) in [5.74, 6) is -2.08. The lowest BCUT2D eigenvalue weighted by atomic mass is 10.1. The molecule has 0 aliphatic heterocycles. The van der Waals surface area contributed by atoms with Crippen molar-refractivity contribution in [2.24, 2.45) is 0 Å². The lowest BCUT2D eigenvalue weighted by Gasteiger charge is -2.14. The fourth-order valence-corrected chi connectivity index (χ4v) is 1.34. The van der Waals surface area contributed by atoms with Crippen LogP contribution in [0.1, 0.15) is 11.1 Å². The van der Waals surface area contributed by atoms with Gasteiger partial charge >= 0.3 is 18.3 Å². The third-order valence-corrected chi connectivity index (χ3v) is 2.14. The first-order valence-corrected chi connectivity index (χ1v) is 5.31. The topological polar surface area (TPSA) is 46.5 Å². The number of hydrogen-bond donors (Lipinski definition) is 1. The van der Waals surface area contributed by atoms with Crippen LogP contribution in [0.15, 0.2) is 24.3 Å². The maximum absolute atomic E-state index is 12.8. The predicted octanol–water partition coefficient (Wildman–Crippen LogP) is 3.74. The van der Waals surface area contributed by atoms with E-state index in [2.05, 4.69) is 4.74 Å². The molecule has 0 atom stereocenters. The van der Waals surface area contributed by atoms with Crippen LogP contribution in [0.5, 0.6) is 5.75 Å². The third kappa shape index (κ3) is 5.76. The van der Waals surface area contributed by atoms with Gasteiger partial charge in [0.1, 0.15) is 5.75 Å². The van der Waals surface area contributed by atoms with Gasteiger partial charge in [0.15, 0.2) is 6.61 Å². The van der Waals surface area contributed by atoms with Crippen molar-refractivity contribution >= 4 is 12.0 Å². The van der Waals surface area contributed by atoms with Gasteiger partial charge < -0.3 is 9.84 Å². The summed E-state index contributed by atoms with van der Waals surface area (Å²) in [5, 5.41) is 8.38. The van der Waals surface area contributed by atoms with Gasteiger partial charge in [0.05, 0.1) is 5.56 Å². The number of rotatable bonds is 4. The molecule has 0 radical (unpaired) electrons. The van der Waals surface area contributed by atoms with Crippen LogP contribution in [0.4, 0.5) is 26.3 Å². The zero-order chi connectivity index (χ0) is 16.3. The Morgan fingerprint density at radius 1 is 1.19 bits per heavy atom. The molecular weight excluding hydrogens is 306 g/mol. The highest BCUT2D eigenvalue weighted by Crippen LogP contribution is 2.35. The Kier molecular flexibility index (Phi) is 4.87. The van der Waals surface area contributed by atoms with Gasteiger partial charge in [-0.25, -0.2) is 4.79 Å². The summed E-state index contributed by atoms with van der Waals surface area (Å²) in [4.78, 5) is 10.3. The number of carboxylic acid groups (broad SMARTS) is 1. The monoisotopic (exact) mass is 314 g/mol. The van der Waals surface area contributed by atoms with Gasteiger partial charge in [-0.15, -0.1) is 0 Å². The highest BCUT2D eigenvalue weighted by Gasteiger charge is 2.34. The van der Waals surface area contributed by atoms with E-state index in [1.54, 1.807) is 0 Å². The summed E-state index contributed by atoms with van der Waals surface area (Å²) in [6, 6.07) is 2.10. The first kappa shape index (κ1) is 16.9. The van der Waals surface area contributed by atoms with E-state index in [1.807, 2.05) is 0 Å². The molecule has 1 rings (SSSR count). The van der Waals surface area contributed by atoms with E-state index in [0.717, 1.165) is 12.1 Å². The van der Waals surface area contributed by atoms with Gasteiger partial charge in [0.2, 0.25) is 0 Å². The molecule has 0 bridgehead atoms. The summed E-state index contributed by atoms with van der Waals surface area (Å²) in [5.41, 5.74) is -1.79. The largest absolute Gasteiger partial charge is 0.484 e. The minimum atomic E-state index is -4.87. The highest BCUT2D eigenvalue weighted by molar-refractivity contribution is 5.85. The van der Waals surface area contributed by atoms with Crippen molar-refractivity contribution in [3.63, 3.8) is 0 Å². The predicted molar refractivity (Wildman–Crippen MR) is 59.7 cm³/mol. The number of benzene rings is 1. The van der Waals surface area contributed by atoms with E-state index in [0.29, 0.717) is 18.2 Å². The highest BCUT2D eigenvalue weighted by atomic mass is 19.4. The van der Waals surface area contributed by atoms with Crippen LogP contribution in [0.3, 0.4) is 0 Å². The summed E-state index contributed by atoms with van der Waals surface area (Å²) < 4.78 is 78.3. The Morgan fingerprint density at radius 2 is 1.81 bits per heavy atom. The number of hydrogen-bond acceptors (Lipinski definition) is 2. The number of aliphatic carboxylic acids is 1. The van der Waals surface area contributed by atoms with E-state index < -0.39 is 41.8 Å². The Labute approximate surface area is 114 Å². The van der Waals surface area contributed by atoms with Crippen LogP contribution in [-0.2, 0) is 11.0 Å². The Hall–Kier alpha value is -2.19. The maximum atomic E-state index is 12.8. The fraction of sp³-hybridized carbons (Fsp3) is 0.250. The van der Waals surface area contributed by atoms with Crippen LogP contribution in [0.25, 0.3) is 6.08 Å². The van der Waals surface area contributed by atoms with Crippen LogP contribution < -0.4 is 4.74 Å².